The summed E-state index contributed by atoms with van der Waals surface area (Å²) in [4.78, 5) is 0. The van der Waals surface area contributed by atoms with E-state index in [9.17, 15) is 0 Å². The molecule has 0 saturated carbocycles. The van der Waals surface area contributed by atoms with Gasteiger partial charge >= 0.3 is 0 Å². The number of alkyl halides is 1. The van der Waals surface area contributed by atoms with Crippen LogP contribution < -0.4 is 4.74 Å². The van der Waals surface area contributed by atoms with Gasteiger partial charge in [0.25, 0.3) is 0 Å². The van der Waals surface area contributed by atoms with Crippen molar-refractivity contribution in [3.05, 3.63) is 29.3 Å². The Morgan fingerprint density at radius 3 is 2.78 bits per heavy atom. The molecular formula is C16H23ClO. The monoisotopic (exact) mass is 266 g/mol. The summed E-state index contributed by atoms with van der Waals surface area (Å²) < 4.78 is 6.05. The summed E-state index contributed by atoms with van der Waals surface area (Å²) >= 11 is 6.16. The molecule has 0 radical (unpaired) electrons. The van der Waals surface area contributed by atoms with Crippen LogP contribution in [0.2, 0.25) is 0 Å². The topological polar surface area (TPSA) is 9.23 Å². The number of aryl methyl sites for hydroxylation is 1. The average Bonchev–Trinajstić information content (AvgIpc) is 2.69. The molecular weight excluding hydrogens is 244 g/mol. The maximum atomic E-state index is 6.16. The summed E-state index contributed by atoms with van der Waals surface area (Å²) in [5.41, 5.74) is 2.81. The van der Waals surface area contributed by atoms with Crippen molar-refractivity contribution < 1.29 is 4.74 Å². The molecule has 0 saturated heterocycles. The van der Waals surface area contributed by atoms with Crippen LogP contribution in [0.25, 0.3) is 0 Å². The smallest absolute Gasteiger partial charge is 0.123 e. The Morgan fingerprint density at radius 2 is 2.17 bits per heavy atom. The van der Waals surface area contributed by atoms with Crippen LogP contribution in [0.4, 0.5) is 0 Å². The normalized spacial score (nSPS) is 21.6. The minimum atomic E-state index is 0.156. The van der Waals surface area contributed by atoms with Crippen LogP contribution in [-0.2, 0) is 6.42 Å². The molecule has 0 N–H and O–H groups in total. The predicted molar refractivity (Wildman–Crippen MR) is 77.6 cm³/mol. The van der Waals surface area contributed by atoms with E-state index in [0.29, 0.717) is 11.8 Å². The lowest BCUT2D eigenvalue weighted by Gasteiger charge is -2.33. The number of benzene rings is 1. The number of ether oxygens (including phenoxy) is 1. The van der Waals surface area contributed by atoms with Crippen LogP contribution in [0.3, 0.4) is 0 Å². The fourth-order valence-corrected chi connectivity index (χ4v) is 2.95. The van der Waals surface area contributed by atoms with E-state index in [-0.39, 0.29) is 11.5 Å². The van der Waals surface area contributed by atoms with E-state index >= 15 is 0 Å². The molecule has 0 bridgehead atoms. The molecule has 1 heterocycles. The predicted octanol–water partition coefficient (Wildman–Crippen LogP) is 4.59. The quantitative estimate of drug-likeness (QED) is 0.725. The van der Waals surface area contributed by atoms with Gasteiger partial charge in [-0.15, -0.1) is 11.6 Å². The molecule has 1 aliphatic heterocycles. The highest BCUT2D eigenvalue weighted by molar-refractivity contribution is 6.18. The Hall–Kier alpha value is -0.690. The first-order valence-electron chi connectivity index (χ1n) is 6.77. The summed E-state index contributed by atoms with van der Waals surface area (Å²) in [5, 5.41) is 0. The van der Waals surface area contributed by atoms with Gasteiger partial charge in [-0.05, 0) is 36.3 Å². The largest absolute Gasteiger partial charge is 0.490 e. The zero-order valence-corrected chi connectivity index (χ0v) is 12.6. The molecule has 2 rings (SSSR count). The van der Waals surface area contributed by atoms with Gasteiger partial charge in [0, 0.05) is 12.3 Å². The second-order valence-corrected chi connectivity index (χ2v) is 6.47. The Kier molecular flexibility index (Phi) is 3.91. The van der Waals surface area contributed by atoms with Crippen molar-refractivity contribution in [3.8, 4) is 5.75 Å². The second kappa shape index (κ2) is 5.13. The molecule has 100 valence electrons. The average molecular weight is 267 g/mol. The summed E-state index contributed by atoms with van der Waals surface area (Å²) in [5.74, 6) is 2.33. The summed E-state index contributed by atoms with van der Waals surface area (Å²) in [6, 6.07) is 6.45. The molecule has 0 fully saturated rings. The van der Waals surface area contributed by atoms with Gasteiger partial charge in [-0.1, -0.05) is 38.5 Å². The van der Waals surface area contributed by atoms with Gasteiger partial charge in [-0.2, -0.15) is 0 Å². The van der Waals surface area contributed by atoms with Crippen LogP contribution in [0.5, 0.6) is 5.75 Å². The zero-order chi connectivity index (χ0) is 13.3. The van der Waals surface area contributed by atoms with Gasteiger partial charge in [-0.25, -0.2) is 0 Å². The maximum Gasteiger partial charge on any atom is 0.123 e. The van der Waals surface area contributed by atoms with E-state index < -0.39 is 0 Å². The van der Waals surface area contributed by atoms with Gasteiger partial charge in [0.15, 0.2) is 0 Å². The minimum Gasteiger partial charge on any atom is -0.490 e. The Labute approximate surface area is 115 Å². The van der Waals surface area contributed by atoms with E-state index in [0.717, 1.165) is 18.6 Å². The van der Waals surface area contributed by atoms with Crippen molar-refractivity contribution in [2.24, 2.45) is 11.3 Å². The number of hydrogen-bond acceptors (Lipinski definition) is 1. The van der Waals surface area contributed by atoms with Gasteiger partial charge in [0.2, 0.25) is 0 Å². The summed E-state index contributed by atoms with van der Waals surface area (Å²) in [6.07, 6.45) is 2.34. The molecule has 0 amide bonds. The van der Waals surface area contributed by atoms with Crippen molar-refractivity contribution in [3.63, 3.8) is 0 Å². The van der Waals surface area contributed by atoms with Gasteiger partial charge in [-0.3, -0.25) is 0 Å². The van der Waals surface area contributed by atoms with Crippen LogP contribution in [0.1, 0.15) is 38.3 Å². The molecule has 0 aromatic heterocycles. The summed E-state index contributed by atoms with van der Waals surface area (Å²) in [7, 11) is 0. The first-order chi connectivity index (χ1) is 8.44. The number of fused-ring (bicyclic) bond motifs is 1. The molecule has 1 nitrogen and oxygen atoms in total. The molecule has 18 heavy (non-hydrogen) atoms. The van der Waals surface area contributed by atoms with Crippen LogP contribution in [0, 0.1) is 18.3 Å². The third-order valence-electron chi connectivity index (χ3n) is 4.35. The third-order valence-corrected chi connectivity index (χ3v) is 4.96. The molecule has 2 unspecified atom stereocenters. The van der Waals surface area contributed by atoms with E-state index in [1.807, 2.05) is 0 Å². The van der Waals surface area contributed by atoms with Crippen LogP contribution in [-0.4, -0.2) is 12.0 Å². The van der Waals surface area contributed by atoms with E-state index in [2.05, 4.69) is 45.9 Å². The highest BCUT2D eigenvalue weighted by Crippen LogP contribution is 2.39. The fraction of sp³-hybridized carbons (Fsp3) is 0.625. The molecule has 1 aromatic rings. The lowest BCUT2D eigenvalue weighted by atomic mass is 9.76. The maximum absolute atomic E-state index is 6.16. The highest BCUT2D eigenvalue weighted by Gasteiger charge is 2.34. The number of rotatable bonds is 4. The zero-order valence-electron chi connectivity index (χ0n) is 11.8. The van der Waals surface area contributed by atoms with Crippen molar-refractivity contribution in [2.45, 2.75) is 46.6 Å². The van der Waals surface area contributed by atoms with Gasteiger partial charge in [0.1, 0.15) is 11.9 Å². The standard InChI is InChI=1S/C16H23ClO/c1-11(2)16(4,10-17)9-14-8-13-7-12(3)5-6-15(13)18-14/h5-7,11,14H,8-10H2,1-4H3. The van der Waals surface area contributed by atoms with Crippen molar-refractivity contribution >= 4 is 11.6 Å². The molecule has 0 spiro atoms. The molecule has 1 aliphatic rings. The molecule has 2 atom stereocenters. The van der Waals surface area contributed by atoms with Crippen LogP contribution in [0.15, 0.2) is 18.2 Å². The van der Waals surface area contributed by atoms with E-state index in [1.54, 1.807) is 0 Å². The molecule has 2 heteroatoms. The second-order valence-electron chi connectivity index (χ2n) is 6.20. The fourth-order valence-electron chi connectivity index (χ4n) is 2.53. The highest BCUT2D eigenvalue weighted by atomic mass is 35.5. The molecule has 0 aliphatic carbocycles. The van der Waals surface area contributed by atoms with Crippen molar-refractivity contribution in [2.75, 3.05) is 5.88 Å². The lowest BCUT2D eigenvalue weighted by molar-refractivity contribution is 0.125. The summed E-state index contributed by atoms with van der Waals surface area (Å²) in [6.45, 7) is 8.89. The van der Waals surface area contributed by atoms with E-state index in [4.69, 9.17) is 16.3 Å². The SMILES string of the molecule is Cc1ccc2c(c1)CC(CC(C)(CCl)C(C)C)O2. The lowest BCUT2D eigenvalue weighted by Crippen LogP contribution is -2.32. The number of hydrogen-bond donors (Lipinski definition) is 0. The van der Waals surface area contributed by atoms with E-state index in [1.165, 1.54) is 11.1 Å². The Morgan fingerprint density at radius 1 is 1.44 bits per heavy atom. The van der Waals surface area contributed by atoms with Crippen molar-refractivity contribution in [1.29, 1.82) is 0 Å². The first-order valence-corrected chi connectivity index (χ1v) is 7.30. The van der Waals surface area contributed by atoms with Gasteiger partial charge in [0.05, 0.1) is 0 Å². The van der Waals surface area contributed by atoms with Crippen molar-refractivity contribution in [1.82, 2.24) is 0 Å². The third kappa shape index (κ3) is 2.66. The molecule has 1 aromatic carbocycles. The Balaban J connectivity index is 2.07. The minimum absolute atomic E-state index is 0.156. The number of halogens is 1. The Bertz CT molecular complexity index is 427. The first kappa shape index (κ1) is 13.7. The van der Waals surface area contributed by atoms with Gasteiger partial charge < -0.3 is 4.74 Å². The van der Waals surface area contributed by atoms with Crippen LogP contribution >= 0.6 is 11.6 Å².